The molecule has 24 heavy (non-hydrogen) atoms. The topological polar surface area (TPSA) is 84.7 Å². The standard InChI is InChI=1S/C17H29N3O3.ClH/c18-16-12-2-1-3-13(16)11-14(10-12)17(22)19-5-4-15(21)20-6-8-23-9-7-20;/h12-14,16H,1-11,18H2,(H,19,22);1H. The minimum absolute atomic E-state index is 0. The van der Waals surface area contributed by atoms with Gasteiger partial charge < -0.3 is 20.7 Å². The Bertz CT molecular complexity index is 429. The van der Waals surface area contributed by atoms with E-state index >= 15 is 0 Å². The zero-order chi connectivity index (χ0) is 16.2. The average Bonchev–Trinajstić information content (AvgIpc) is 2.55. The zero-order valence-corrected chi connectivity index (χ0v) is 15.1. The highest BCUT2D eigenvalue weighted by Crippen LogP contribution is 2.41. The van der Waals surface area contributed by atoms with Crippen molar-refractivity contribution >= 4 is 24.2 Å². The molecule has 1 saturated heterocycles. The van der Waals surface area contributed by atoms with Crippen molar-refractivity contribution < 1.29 is 14.3 Å². The number of fused-ring (bicyclic) bond motifs is 2. The summed E-state index contributed by atoms with van der Waals surface area (Å²) in [5.74, 6) is 1.32. The summed E-state index contributed by atoms with van der Waals surface area (Å²) in [7, 11) is 0. The smallest absolute Gasteiger partial charge is 0.224 e. The van der Waals surface area contributed by atoms with Gasteiger partial charge in [-0.15, -0.1) is 12.4 Å². The van der Waals surface area contributed by atoms with Crippen molar-refractivity contribution in [2.24, 2.45) is 23.5 Å². The van der Waals surface area contributed by atoms with E-state index in [1.807, 2.05) is 4.90 Å². The first-order valence-electron chi connectivity index (χ1n) is 9.04. The molecule has 3 rings (SSSR count). The summed E-state index contributed by atoms with van der Waals surface area (Å²) in [5, 5.41) is 2.97. The van der Waals surface area contributed by atoms with Gasteiger partial charge >= 0.3 is 0 Å². The molecule has 2 atom stereocenters. The highest BCUT2D eigenvalue weighted by atomic mass is 35.5. The number of halogens is 1. The third-order valence-electron chi connectivity index (χ3n) is 5.79. The number of hydrogen-bond acceptors (Lipinski definition) is 4. The van der Waals surface area contributed by atoms with Crippen LogP contribution >= 0.6 is 12.4 Å². The summed E-state index contributed by atoms with van der Waals surface area (Å²) in [6.45, 7) is 2.99. The quantitative estimate of drug-likeness (QED) is 0.782. The molecule has 0 radical (unpaired) electrons. The van der Waals surface area contributed by atoms with E-state index in [0.717, 1.165) is 25.7 Å². The van der Waals surface area contributed by atoms with E-state index in [1.165, 1.54) is 6.42 Å². The van der Waals surface area contributed by atoms with Crippen LogP contribution in [0.1, 0.15) is 38.5 Å². The summed E-state index contributed by atoms with van der Waals surface area (Å²) < 4.78 is 5.24. The van der Waals surface area contributed by atoms with Gasteiger partial charge in [-0.2, -0.15) is 0 Å². The lowest BCUT2D eigenvalue weighted by molar-refractivity contribution is -0.135. The SMILES string of the molecule is Cl.NC1C2CCCC1CC(C(=O)NCCC(=O)N1CCOCC1)C2. The van der Waals surface area contributed by atoms with Crippen LogP contribution in [-0.2, 0) is 14.3 Å². The van der Waals surface area contributed by atoms with Crippen molar-refractivity contribution in [3.05, 3.63) is 0 Å². The van der Waals surface area contributed by atoms with Crippen LogP contribution in [0, 0.1) is 17.8 Å². The Morgan fingerprint density at radius 2 is 1.75 bits per heavy atom. The number of hydrogen-bond donors (Lipinski definition) is 2. The van der Waals surface area contributed by atoms with Gasteiger partial charge in [-0.05, 0) is 37.5 Å². The number of morpholine rings is 1. The molecule has 2 bridgehead atoms. The Labute approximate surface area is 150 Å². The van der Waals surface area contributed by atoms with E-state index in [2.05, 4.69) is 5.32 Å². The fourth-order valence-electron chi connectivity index (χ4n) is 4.41. The van der Waals surface area contributed by atoms with Gasteiger partial charge in [0.1, 0.15) is 0 Å². The molecule has 0 spiro atoms. The van der Waals surface area contributed by atoms with E-state index in [0.29, 0.717) is 51.1 Å². The Kier molecular flexibility index (Phi) is 7.32. The van der Waals surface area contributed by atoms with E-state index in [9.17, 15) is 9.59 Å². The Morgan fingerprint density at radius 3 is 2.38 bits per heavy atom. The monoisotopic (exact) mass is 359 g/mol. The number of nitrogens with zero attached hydrogens (tertiary/aromatic N) is 1. The number of amides is 2. The third-order valence-corrected chi connectivity index (χ3v) is 5.79. The van der Waals surface area contributed by atoms with Crippen LogP contribution in [0.3, 0.4) is 0 Å². The molecule has 0 aromatic carbocycles. The molecule has 138 valence electrons. The van der Waals surface area contributed by atoms with Gasteiger partial charge in [0.25, 0.3) is 0 Å². The van der Waals surface area contributed by atoms with Crippen molar-refractivity contribution in [3.63, 3.8) is 0 Å². The van der Waals surface area contributed by atoms with E-state index in [-0.39, 0.29) is 36.2 Å². The Morgan fingerprint density at radius 1 is 1.12 bits per heavy atom. The normalized spacial score (nSPS) is 32.6. The summed E-state index contributed by atoms with van der Waals surface area (Å²) in [6.07, 6.45) is 5.80. The molecule has 0 aromatic rings. The number of nitrogens with one attached hydrogen (secondary N) is 1. The number of carbonyl (C=O) groups is 2. The van der Waals surface area contributed by atoms with Crippen molar-refractivity contribution in [2.45, 2.75) is 44.6 Å². The minimum Gasteiger partial charge on any atom is -0.378 e. The average molecular weight is 360 g/mol. The lowest BCUT2D eigenvalue weighted by Gasteiger charge is -2.43. The molecule has 6 nitrogen and oxygen atoms in total. The van der Waals surface area contributed by atoms with Crippen LogP contribution in [0.4, 0.5) is 0 Å². The largest absolute Gasteiger partial charge is 0.378 e. The molecule has 3 aliphatic rings. The maximum absolute atomic E-state index is 12.4. The summed E-state index contributed by atoms with van der Waals surface area (Å²) in [6, 6.07) is 0.288. The highest BCUT2D eigenvalue weighted by Gasteiger charge is 2.40. The molecule has 2 aliphatic carbocycles. The lowest BCUT2D eigenvalue weighted by Crippen LogP contribution is -2.49. The minimum atomic E-state index is 0. The van der Waals surface area contributed by atoms with E-state index in [1.54, 1.807) is 0 Å². The van der Waals surface area contributed by atoms with Gasteiger partial charge in [0.15, 0.2) is 0 Å². The maximum Gasteiger partial charge on any atom is 0.224 e. The van der Waals surface area contributed by atoms with E-state index in [4.69, 9.17) is 10.5 Å². The first-order chi connectivity index (χ1) is 11.1. The molecule has 2 unspecified atom stereocenters. The van der Waals surface area contributed by atoms with Crippen molar-refractivity contribution in [1.82, 2.24) is 10.2 Å². The molecular weight excluding hydrogens is 330 g/mol. The lowest BCUT2D eigenvalue weighted by atomic mass is 9.65. The fraction of sp³-hybridized carbons (Fsp3) is 0.882. The van der Waals surface area contributed by atoms with Crippen LogP contribution < -0.4 is 11.1 Å². The molecule has 1 heterocycles. The Balaban J connectivity index is 0.00000208. The molecule has 2 amide bonds. The molecule has 2 saturated carbocycles. The van der Waals surface area contributed by atoms with E-state index < -0.39 is 0 Å². The number of carbonyl (C=O) groups excluding carboxylic acids is 2. The summed E-state index contributed by atoms with van der Waals surface area (Å²) >= 11 is 0. The van der Waals surface area contributed by atoms with Crippen LogP contribution in [0.25, 0.3) is 0 Å². The number of ether oxygens (including phenoxy) is 1. The number of rotatable bonds is 4. The molecule has 3 fully saturated rings. The second-order valence-corrected chi connectivity index (χ2v) is 7.23. The van der Waals surface area contributed by atoms with Crippen LogP contribution in [0.2, 0.25) is 0 Å². The second-order valence-electron chi connectivity index (χ2n) is 7.23. The highest BCUT2D eigenvalue weighted by molar-refractivity contribution is 5.85. The van der Waals surface area contributed by atoms with Crippen LogP contribution in [0.5, 0.6) is 0 Å². The Hall–Kier alpha value is -0.850. The van der Waals surface area contributed by atoms with Gasteiger partial charge in [-0.1, -0.05) is 6.42 Å². The molecular formula is C17H30ClN3O3. The summed E-state index contributed by atoms with van der Waals surface area (Å²) in [5.41, 5.74) is 6.28. The maximum atomic E-state index is 12.4. The predicted octanol–water partition coefficient (Wildman–Crippen LogP) is 0.927. The third kappa shape index (κ3) is 4.61. The second kappa shape index (κ2) is 9.02. The fourth-order valence-corrected chi connectivity index (χ4v) is 4.41. The number of nitrogens with two attached hydrogens (primary N) is 1. The van der Waals surface area contributed by atoms with Crippen molar-refractivity contribution in [2.75, 3.05) is 32.8 Å². The van der Waals surface area contributed by atoms with Crippen LogP contribution in [-0.4, -0.2) is 55.6 Å². The molecule has 1 aliphatic heterocycles. The molecule has 0 aromatic heterocycles. The van der Waals surface area contributed by atoms with Crippen molar-refractivity contribution in [1.29, 1.82) is 0 Å². The van der Waals surface area contributed by atoms with Crippen molar-refractivity contribution in [3.8, 4) is 0 Å². The molecule has 3 N–H and O–H groups in total. The first-order valence-corrected chi connectivity index (χ1v) is 9.04. The van der Waals surface area contributed by atoms with Gasteiger partial charge in [0.05, 0.1) is 13.2 Å². The van der Waals surface area contributed by atoms with Crippen LogP contribution in [0.15, 0.2) is 0 Å². The molecule has 7 heteroatoms. The zero-order valence-electron chi connectivity index (χ0n) is 14.2. The van der Waals surface area contributed by atoms with Gasteiger partial charge in [-0.25, -0.2) is 0 Å². The van der Waals surface area contributed by atoms with Gasteiger partial charge in [-0.3, -0.25) is 9.59 Å². The predicted molar refractivity (Wildman–Crippen MR) is 93.8 cm³/mol. The van der Waals surface area contributed by atoms with Gasteiger partial charge in [0, 0.05) is 38.0 Å². The van der Waals surface area contributed by atoms with Gasteiger partial charge in [0.2, 0.25) is 11.8 Å². The first kappa shape index (κ1) is 19.5. The summed E-state index contributed by atoms with van der Waals surface area (Å²) in [4.78, 5) is 26.3.